The first-order valence-corrected chi connectivity index (χ1v) is 9.83. The Bertz CT molecular complexity index is 1020. The third kappa shape index (κ3) is 3.70. The smallest absolute Gasteiger partial charge is 0.254 e. The predicted molar refractivity (Wildman–Crippen MR) is 97.0 cm³/mol. The average molecular weight is 387 g/mol. The summed E-state index contributed by atoms with van der Waals surface area (Å²) in [6.07, 6.45) is 0. The number of sulfonamides is 1. The average Bonchev–Trinajstić information content (AvgIpc) is 2.69. The molecule has 0 saturated carbocycles. The minimum Gasteiger partial charge on any atom is -0.336 e. The fraction of sp³-hybridized carbons (Fsp3) is 0.263. The second kappa shape index (κ2) is 7.47. The van der Waals surface area contributed by atoms with Crippen LogP contribution in [0.5, 0.6) is 0 Å². The Morgan fingerprint density at radius 3 is 2.44 bits per heavy atom. The van der Waals surface area contributed by atoms with Crippen LogP contribution in [0.2, 0.25) is 0 Å². The van der Waals surface area contributed by atoms with Gasteiger partial charge in [-0.05, 0) is 36.8 Å². The van der Waals surface area contributed by atoms with Crippen molar-refractivity contribution in [2.45, 2.75) is 11.8 Å². The Balaban J connectivity index is 1.76. The van der Waals surface area contributed by atoms with Crippen LogP contribution in [0.25, 0.3) is 0 Å². The normalized spacial score (nSPS) is 15.4. The van der Waals surface area contributed by atoms with Gasteiger partial charge in [-0.25, -0.2) is 12.8 Å². The Kier molecular flexibility index (Phi) is 5.26. The molecule has 0 spiro atoms. The molecule has 0 N–H and O–H groups in total. The lowest BCUT2D eigenvalue weighted by Gasteiger charge is -2.34. The minimum atomic E-state index is -3.82. The van der Waals surface area contributed by atoms with Crippen molar-refractivity contribution in [1.82, 2.24) is 9.21 Å². The van der Waals surface area contributed by atoms with Crippen LogP contribution in [-0.4, -0.2) is 49.7 Å². The van der Waals surface area contributed by atoms with E-state index in [1.807, 2.05) is 6.07 Å². The van der Waals surface area contributed by atoms with E-state index in [0.29, 0.717) is 5.56 Å². The van der Waals surface area contributed by atoms with Crippen molar-refractivity contribution in [2.75, 3.05) is 26.2 Å². The van der Waals surface area contributed by atoms with Crippen LogP contribution in [0.4, 0.5) is 4.39 Å². The number of nitrogens with zero attached hydrogens (tertiary/aromatic N) is 3. The van der Waals surface area contributed by atoms with E-state index in [-0.39, 0.29) is 48.1 Å². The number of benzene rings is 2. The molecule has 1 amide bonds. The lowest BCUT2D eigenvalue weighted by atomic mass is 10.1. The molecule has 0 atom stereocenters. The number of piperazine rings is 1. The van der Waals surface area contributed by atoms with Crippen molar-refractivity contribution >= 4 is 15.9 Å². The van der Waals surface area contributed by atoms with Crippen LogP contribution in [0.3, 0.4) is 0 Å². The SMILES string of the molecule is Cc1ccc(F)cc1C(=O)N1CCN(S(=O)(=O)c2ccccc2C#N)CC1. The van der Waals surface area contributed by atoms with Gasteiger partial charge in [0.15, 0.2) is 0 Å². The summed E-state index contributed by atoms with van der Waals surface area (Å²) in [5.74, 6) is -0.806. The minimum absolute atomic E-state index is 0.0340. The first kappa shape index (κ1) is 19.0. The van der Waals surface area contributed by atoms with Crippen molar-refractivity contribution in [3.63, 3.8) is 0 Å². The standard InChI is InChI=1S/C19H18FN3O3S/c1-14-6-7-16(20)12-17(14)19(24)22-8-10-23(11-9-22)27(25,26)18-5-3-2-4-15(18)13-21/h2-7,12H,8-11H2,1H3. The van der Waals surface area contributed by atoms with Crippen LogP contribution >= 0.6 is 0 Å². The summed E-state index contributed by atoms with van der Waals surface area (Å²) in [6, 6.07) is 12.0. The molecule has 3 rings (SSSR count). The monoisotopic (exact) mass is 387 g/mol. The highest BCUT2D eigenvalue weighted by atomic mass is 32.2. The number of amides is 1. The van der Waals surface area contributed by atoms with E-state index in [0.717, 1.165) is 0 Å². The van der Waals surface area contributed by atoms with E-state index in [1.165, 1.54) is 33.5 Å². The van der Waals surface area contributed by atoms with Gasteiger partial charge in [0.1, 0.15) is 11.9 Å². The topological polar surface area (TPSA) is 81.5 Å². The van der Waals surface area contributed by atoms with E-state index < -0.39 is 15.8 Å². The fourth-order valence-electron chi connectivity index (χ4n) is 3.05. The van der Waals surface area contributed by atoms with E-state index in [9.17, 15) is 17.6 Å². The van der Waals surface area contributed by atoms with E-state index in [1.54, 1.807) is 25.1 Å². The molecule has 0 aliphatic carbocycles. The predicted octanol–water partition coefficient (Wildman–Crippen LogP) is 2.15. The molecule has 0 radical (unpaired) electrons. The van der Waals surface area contributed by atoms with Gasteiger partial charge in [0.05, 0.1) is 10.5 Å². The quantitative estimate of drug-likeness (QED) is 0.808. The molecule has 0 unspecified atom stereocenters. The summed E-state index contributed by atoms with van der Waals surface area (Å²) in [5.41, 5.74) is 1.03. The summed E-state index contributed by atoms with van der Waals surface area (Å²) in [7, 11) is -3.82. The maximum Gasteiger partial charge on any atom is 0.254 e. The van der Waals surface area contributed by atoms with Crippen LogP contribution in [0.1, 0.15) is 21.5 Å². The summed E-state index contributed by atoms with van der Waals surface area (Å²) in [4.78, 5) is 14.1. The largest absolute Gasteiger partial charge is 0.336 e. The molecular weight excluding hydrogens is 369 g/mol. The molecule has 6 nitrogen and oxygen atoms in total. The molecule has 0 aromatic heterocycles. The lowest BCUT2D eigenvalue weighted by Crippen LogP contribution is -2.50. The summed E-state index contributed by atoms with van der Waals surface area (Å²) >= 11 is 0. The second-order valence-electron chi connectivity index (χ2n) is 6.26. The Morgan fingerprint density at radius 2 is 1.78 bits per heavy atom. The van der Waals surface area contributed by atoms with Gasteiger partial charge in [0.2, 0.25) is 10.0 Å². The zero-order valence-electron chi connectivity index (χ0n) is 14.7. The van der Waals surface area contributed by atoms with Crippen LogP contribution in [-0.2, 0) is 10.0 Å². The molecule has 0 bridgehead atoms. The van der Waals surface area contributed by atoms with Gasteiger partial charge in [0.25, 0.3) is 5.91 Å². The van der Waals surface area contributed by atoms with Gasteiger partial charge >= 0.3 is 0 Å². The van der Waals surface area contributed by atoms with Gasteiger partial charge in [-0.3, -0.25) is 4.79 Å². The third-order valence-electron chi connectivity index (χ3n) is 4.58. The second-order valence-corrected chi connectivity index (χ2v) is 8.17. The Hall–Kier alpha value is -2.76. The zero-order chi connectivity index (χ0) is 19.6. The maximum absolute atomic E-state index is 13.5. The van der Waals surface area contributed by atoms with Crippen molar-refractivity contribution in [3.8, 4) is 6.07 Å². The number of nitriles is 1. The molecule has 27 heavy (non-hydrogen) atoms. The summed E-state index contributed by atoms with van der Waals surface area (Å²) < 4.78 is 40.4. The Morgan fingerprint density at radius 1 is 1.11 bits per heavy atom. The van der Waals surface area contributed by atoms with Crippen molar-refractivity contribution in [3.05, 3.63) is 65.0 Å². The van der Waals surface area contributed by atoms with Crippen molar-refractivity contribution in [1.29, 1.82) is 5.26 Å². The van der Waals surface area contributed by atoms with Crippen LogP contribution in [0.15, 0.2) is 47.4 Å². The number of hydrogen-bond donors (Lipinski definition) is 0. The molecule has 1 aliphatic heterocycles. The molecule has 1 aliphatic rings. The molecular formula is C19H18FN3O3S. The van der Waals surface area contributed by atoms with Crippen LogP contribution < -0.4 is 0 Å². The highest BCUT2D eigenvalue weighted by molar-refractivity contribution is 7.89. The highest BCUT2D eigenvalue weighted by Crippen LogP contribution is 2.22. The molecule has 1 fully saturated rings. The van der Waals surface area contributed by atoms with Gasteiger partial charge in [-0.2, -0.15) is 9.57 Å². The van der Waals surface area contributed by atoms with Crippen LogP contribution in [0, 0.1) is 24.1 Å². The first-order chi connectivity index (χ1) is 12.8. The van der Waals surface area contributed by atoms with E-state index >= 15 is 0 Å². The number of hydrogen-bond acceptors (Lipinski definition) is 4. The molecule has 140 valence electrons. The first-order valence-electron chi connectivity index (χ1n) is 8.39. The fourth-order valence-corrected chi connectivity index (χ4v) is 4.61. The number of halogens is 1. The van der Waals surface area contributed by atoms with Crippen molar-refractivity contribution in [2.24, 2.45) is 0 Å². The number of carbonyl (C=O) groups excluding carboxylic acids is 1. The number of rotatable bonds is 3. The maximum atomic E-state index is 13.5. The molecule has 1 saturated heterocycles. The van der Waals surface area contributed by atoms with Gasteiger partial charge < -0.3 is 4.90 Å². The van der Waals surface area contributed by atoms with Crippen molar-refractivity contribution < 1.29 is 17.6 Å². The highest BCUT2D eigenvalue weighted by Gasteiger charge is 2.32. The molecule has 8 heteroatoms. The third-order valence-corrected chi connectivity index (χ3v) is 6.54. The van der Waals surface area contributed by atoms with E-state index in [4.69, 9.17) is 5.26 Å². The lowest BCUT2D eigenvalue weighted by molar-refractivity contribution is 0.0696. The summed E-state index contributed by atoms with van der Waals surface area (Å²) in [6.45, 7) is 2.35. The van der Waals surface area contributed by atoms with Gasteiger partial charge in [0, 0.05) is 31.7 Å². The van der Waals surface area contributed by atoms with Gasteiger partial charge in [-0.1, -0.05) is 18.2 Å². The molecule has 2 aromatic rings. The summed E-state index contributed by atoms with van der Waals surface area (Å²) in [5, 5.41) is 9.15. The number of aryl methyl sites for hydroxylation is 1. The van der Waals surface area contributed by atoms with E-state index in [2.05, 4.69) is 0 Å². The Labute approximate surface area is 157 Å². The number of carbonyl (C=O) groups is 1. The zero-order valence-corrected chi connectivity index (χ0v) is 15.5. The van der Waals surface area contributed by atoms with Gasteiger partial charge in [-0.15, -0.1) is 0 Å². The molecule has 2 aromatic carbocycles. The molecule has 1 heterocycles.